The lowest BCUT2D eigenvalue weighted by Gasteiger charge is -2.42. The second-order valence-electron chi connectivity index (χ2n) is 5.33. The van der Waals surface area contributed by atoms with Crippen molar-refractivity contribution < 1.29 is 4.42 Å². The third-order valence-corrected chi connectivity index (χ3v) is 4.87. The van der Waals surface area contributed by atoms with E-state index < -0.39 is 0 Å². The van der Waals surface area contributed by atoms with Gasteiger partial charge in [-0.25, -0.2) is 0 Å². The summed E-state index contributed by atoms with van der Waals surface area (Å²) < 4.78 is 6.80. The zero-order valence-corrected chi connectivity index (χ0v) is 13.1. The van der Waals surface area contributed by atoms with E-state index in [2.05, 4.69) is 47.2 Å². The molecule has 0 radical (unpaired) electrons. The van der Waals surface area contributed by atoms with Gasteiger partial charge < -0.3 is 14.6 Å². The zero-order valence-electron chi connectivity index (χ0n) is 11.5. The van der Waals surface area contributed by atoms with Crippen LogP contribution >= 0.6 is 15.9 Å². The first-order valence-corrected chi connectivity index (χ1v) is 7.55. The van der Waals surface area contributed by atoms with Crippen LogP contribution < -0.4 is 5.32 Å². The lowest BCUT2D eigenvalue weighted by molar-refractivity contribution is 0.0936. The summed E-state index contributed by atoms with van der Waals surface area (Å²) in [6, 6.07) is 2.24. The molecule has 0 spiro atoms. The number of furan rings is 1. The molecular formula is C14H23BrN2O. The number of nitrogens with one attached hydrogen (secondary N) is 1. The van der Waals surface area contributed by atoms with Crippen molar-refractivity contribution in [1.29, 1.82) is 0 Å². The molecule has 2 rings (SSSR count). The van der Waals surface area contributed by atoms with Gasteiger partial charge in [-0.2, -0.15) is 0 Å². The van der Waals surface area contributed by atoms with Gasteiger partial charge in [0.25, 0.3) is 0 Å². The Morgan fingerprint density at radius 1 is 1.44 bits per heavy atom. The molecule has 1 aromatic heterocycles. The van der Waals surface area contributed by atoms with Crippen LogP contribution in [-0.4, -0.2) is 31.1 Å². The highest BCUT2D eigenvalue weighted by atomic mass is 79.9. The Morgan fingerprint density at radius 3 is 2.56 bits per heavy atom. The average molecular weight is 315 g/mol. The van der Waals surface area contributed by atoms with E-state index in [4.69, 9.17) is 4.42 Å². The van der Waals surface area contributed by atoms with Gasteiger partial charge in [0.05, 0.1) is 16.8 Å². The van der Waals surface area contributed by atoms with Gasteiger partial charge in [-0.1, -0.05) is 19.8 Å². The van der Waals surface area contributed by atoms with E-state index in [1.54, 1.807) is 6.26 Å². The summed E-state index contributed by atoms with van der Waals surface area (Å²) in [4.78, 5) is 2.38. The van der Waals surface area contributed by atoms with E-state index in [0.717, 1.165) is 16.8 Å². The maximum absolute atomic E-state index is 5.73. The summed E-state index contributed by atoms with van der Waals surface area (Å²) in [6.07, 6.45) is 6.83. The van der Waals surface area contributed by atoms with Crippen LogP contribution in [0.5, 0.6) is 0 Å². The van der Waals surface area contributed by atoms with Crippen LogP contribution in [0, 0.1) is 0 Å². The maximum atomic E-state index is 5.73. The third kappa shape index (κ3) is 2.38. The van der Waals surface area contributed by atoms with Crippen molar-refractivity contribution in [2.24, 2.45) is 0 Å². The summed E-state index contributed by atoms with van der Waals surface area (Å²) in [5.74, 6) is 1.03. The Balaban J connectivity index is 2.37. The molecule has 18 heavy (non-hydrogen) atoms. The average Bonchev–Trinajstić information content (AvgIpc) is 2.95. The molecule has 1 aliphatic carbocycles. The van der Waals surface area contributed by atoms with E-state index in [9.17, 15) is 0 Å². The van der Waals surface area contributed by atoms with Crippen molar-refractivity contribution in [2.75, 3.05) is 20.6 Å². The fourth-order valence-corrected chi connectivity index (χ4v) is 3.65. The van der Waals surface area contributed by atoms with E-state index in [1.807, 2.05) is 6.07 Å². The molecule has 0 saturated heterocycles. The third-order valence-electron chi connectivity index (χ3n) is 4.21. The number of hydrogen-bond acceptors (Lipinski definition) is 3. The number of likely N-dealkylation sites (N-methyl/N-ethyl adjacent to an activating group) is 2. The molecule has 0 aliphatic heterocycles. The van der Waals surface area contributed by atoms with Gasteiger partial charge in [0.15, 0.2) is 0 Å². The van der Waals surface area contributed by atoms with Gasteiger partial charge in [-0.15, -0.1) is 0 Å². The van der Waals surface area contributed by atoms with Crippen LogP contribution in [0.2, 0.25) is 0 Å². The fraction of sp³-hybridized carbons (Fsp3) is 0.714. The molecule has 1 aliphatic rings. The van der Waals surface area contributed by atoms with Crippen molar-refractivity contribution in [3.8, 4) is 0 Å². The molecule has 1 aromatic rings. The summed E-state index contributed by atoms with van der Waals surface area (Å²) in [5.41, 5.74) is 0.177. The number of halogens is 1. The second-order valence-corrected chi connectivity index (χ2v) is 6.18. The predicted octanol–water partition coefficient (Wildman–Crippen LogP) is 3.57. The van der Waals surface area contributed by atoms with Gasteiger partial charge >= 0.3 is 0 Å². The first-order valence-electron chi connectivity index (χ1n) is 6.75. The Bertz CT molecular complexity index is 383. The standard InChI is InChI=1S/C14H23BrN2O/c1-4-16-13(12-11(15)7-10-18-12)14(17(2)3)8-5-6-9-14/h7,10,13,16H,4-6,8-9H2,1-3H3. The molecule has 0 aromatic carbocycles. The van der Waals surface area contributed by atoms with Crippen LogP contribution in [-0.2, 0) is 0 Å². The minimum Gasteiger partial charge on any atom is -0.466 e. The molecule has 0 bridgehead atoms. The molecule has 1 saturated carbocycles. The highest BCUT2D eigenvalue weighted by molar-refractivity contribution is 9.10. The summed E-state index contributed by atoms with van der Waals surface area (Å²) in [5, 5.41) is 3.62. The van der Waals surface area contributed by atoms with E-state index >= 15 is 0 Å². The van der Waals surface area contributed by atoms with Crippen LogP contribution in [0.3, 0.4) is 0 Å². The largest absolute Gasteiger partial charge is 0.466 e. The SMILES string of the molecule is CCNC(c1occc1Br)C1(N(C)C)CCCC1. The summed E-state index contributed by atoms with van der Waals surface area (Å²) >= 11 is 3.61. The van der Waals surface area contributed by atoms with E-state index in [0.29, 0.717) is 0 Å². The van der Waals surface area contributed by atoms with Crippen molar-refractivity contribution in [1.82, 2.24) is 10.2 Å². The molecule has 1 atom stereocenters. The van der Waals surface area contributed by atoms with Gasteiger partial charge in [-0.3, -0.25) is 0 Å². The van der Waals surface area contributed by atoms with Crippen LogP contribution in [0.1, 0.15) is 44.4 Å². The number of rotatable bonds is 5. The molecule has 1 fully saturated rings. The maximum Gasteiger partial charge on any atom is 0.136 e. The van der Waals surface area contributed by atoms with Gasteiger partial charge in [0.2, 0.25) is 0 Å². The number of hydrogen-bond donors (Lipinski definition) is 1. The quantitative estimate of drug-likeness (QED) is 0.900. The molecule has 1 heterocycles. The first kappa shape index (κ1) is 14.1. The highest BCUT2D eigenvalue weighted by Crippen LogP contribution is 2.45. The minimum atomic E-state index is 0.177. The topological polar surface area (TPSA) is 28.4 Å². The van der Waals surface area contributed by atoms with E-state index in [1.165, 1.54) is 25.7 Å². The summed E-state index contributed by atoms with van der Waals surface area (Å²) in [7, 11) is 4.37. The van der Waals surface area contributed by atoms with Gasteiger partial charge in [-0.05, 0) is 55.5 Å². The smallest absolute Gasteiger partial charge is 0.136 e. The fourth-order valence-electron chi connectivity index (χ4n) is 3.22. The van der Waals surface area contributed by atoms with Crippen molar-refractivity contribution in [3.63, 3.8) is 0 Å². The Morgan fingerprint density at radius 2 is 2.11 bits per heavy atom. The van der Waals surface area contributed by atoms with Crippen LogP contribution in [0.4, 0.5) is 0 Å². The molecule has 1 N–H and O–H groups in total. The van der Waals surface area contributed by atoms with Crippen LogP contribution in [0.25, 0.3) is 0 Å². The van der Waals surface area contributed by atoms with Gasteiger partial charge in [0, 0.05) is 5.54 Å². The van der Waals surface area contributed by atoms with Crippen LogP contribution in [0.15, 0.2) is 21.2 Å². The lowest BCUT2D eigenvalue weighted by Crippen LogP contribution is -2.52. The Labute approximate surface area is 118 Å². The highest BCUT2D eigenvalue weighted by Gasteiger charge is 2.45. The second kappa shape index (κ2) is 5.76. The molecule has 1 unspecified atom stereocenters. The number of nitrogens with zero attached hydrogens (tertiary/aromatic N) is 1. The molecule has 4 heteroatoms. The molecule has 0 amide bonds. The normalized spacial score (nSPS) is 20.5. The van der Waals surface area contributed by atoms with Crippen molar-refractivity contribution >= 4 is 15.9 Å². The molecule has 3 nitrogen and oxygen atoms in total. The van der Waals surface area contributed by atoms with Crippen molar-refractivity contribution in [2.45, 2.75) is 44.2 Å². The zero-order chi connectivity index (χ0) is 13.2. The predicted molar refractivity (Wildman–Crippen MR) is 77.7 cm³/mol. The molecule has 102 valence electrons. The lowest BCUT2D eigenvalue weighted by atomic mass is 9.85. The van der Waals surface area contributed by atoms with Gasteiger partial charge in [0.1, 0.15) is 5.76 Å². The molecular weight excluding hydrogens is 292 g/mol. The monoisotopic (exact) mass is 314 g/mol. The Hall–Kier alpha value is -0.320. The first-order chi connectivity index (χ1) is 8.62. The Kier molecular flexibility index (Phi) is 4.51. The van der Waals surface area contributed by atoms with Crippen molar-refractivity contribution in [3.05, 3.63) is 22.6 Å². The minimum absolute atomic E-state index is 0.177. The summed E-state index contributed by atoms with van der Waals surface area (Å²) in [6.45, 7) is 3.11. The van der Waals surface area contributed by atoms with E-state index in [-0.39, 0.29) is 11.6 Å².